The van der Waals surface area contributed by atoms with E-state index in [4.69, 9.17) is 9.47 Å². The van der Waals surface area contributed by atoms with E-state index in [2.05, 4.69) is 11.1 Å². The van der Waals surface area contributed by atoms with E-state index in [0.717, 1.165) is 11.1 Å². The van der Waals surface area contributed by atoms with E-state index >= 15 is 0 Å². The quantitative estimate of drug-likeness (QED) is 0.355. The number of para-hydroxylation sites is 1. The molecule has 1 heterocycles. The number of methoxy groups -OCH3 is 1. The first-order valence-corrected chi connectivity index (χ1v) is 11.5. The minimum Gasteiger partial charge on any atom is -0.488 e. The van der Waals surface area contributed by atoms with E-state index in [1.807, 2.05) is 42.5 Å². The Labute approximate surface area is 207 Å². The van der Waals surface area contributed by atoms with Gasteiger partial charge in [-0.05, 0) is 54.2 Å². The minimum absolute atomic E-state index is 0.176. The van der Waals surface area contributed by atoms with E-state index in [9.17, 15) is 14.9 Å². The fourth-order valence-electron chi connectivity index (χ4n) is 3.34. The average Bonchev–Trinajstić information content (AvgIpc) is 3.15. The maximum absolute atomic E-state index is 12.9. The molecule has 3 aromatic rings. The summed E-state index contributed by atoms with van der Waals surface area (Å²) in [7, 11) is 2.99. The second kappa shape index (κ2) is 10.7. The number of amidine groups is 1. The van der Waals surface area contributed by atoms with E-state index in [1.165, 1.54) is 23.8 Å². The molecule has 0 radical (unpaired) electrons. The van der Waals surface area contributed by atoms with Crippen molar-refractivity contribution in [3.05, 3.63) is 100.0 Å². The van der Waals surface area contributed by atoms with Crippen molar-refractivity contribution in [2.24, 2.45) is 4.99 Å². The number of carbonyl (C=O) groups excluding carboxylic acids is 2. The molecule has 0 saturated carbocycles. The number of aliphatic imine (C=N–C) groups is 1. The Morgan fingerprint density at radius 1 is 1.09 bits per heavy atom. The van der Waals surface area contributed by atoms with E-state index in [-0.39, 0.29) is 12.5 Å². The number of likely N-dealkylation sites (N-methyl/N-ethyl adjacent to an activating group) is 1. The smallest absolute Gasteiger partial charge is 0.337 e. The van der Waals surface area contributed by atoms with Gasteiger partial charge in [-0.25, -0.2) is 9.79 Å². The van der Waals surface area contributed by atoms with Gasteiger partial charge >= 0.3 is 5.97 Å². The molecule has 0 atom stereocenters. The zero-order valence-corrected chi connectivity index (χ0v) is 19.9. The van der Waals surface area contributed by atoms with Crippen molar-refractivity contribution in [2.45, 2.75) is 6.61 Å². The maximum atomic E-state index is 12.9. The second-order valence-corrected chi connectivity index (χ2v) is 8.51. The van der Waals surface area contributed by atoms with E-state index in [1.54, 1.807) is 43.5 Å². The first-order chi connectivity index (χ1) is 17.0. The summed E-state index contributed by atoms with van der Waals surface area (Å²) < 4.78 is 10.7. The summed E-state index contributed by atoms with van der Waals surface area (Å²) in [5.74, 6) is 0.00565. The van der Waals surface area contributed by atoms with Gasteiger partial charge in [-0.3, -0.25) is 9.69 Å². The fraction of sp³-hybridized carbons (Fsp3) is 0.111. The Hall–Kier alpha value is -4.35. The molecule has 7 nitrogen and oxygen atoms in total. The van der Waals surface area contributed by atoms with Gasteiger partial charge in [0.2, 0.25) is 0 Å². The number of esters is 1. The highest BCUT2D eigenvalue weighted by Gasteiger charge is 2.30. The zero-order valence-electron chi connectivity index (χ0n) is 19.1. The largest absolute Gasteiger partial charge is 0.488 e. The molecule has 35 heavy (non-hydrogen) atoms. The molecule has 0 bridgehead atoms. The third-order valence-electron chi connectivity index (χ3n) is 5.24. The summed E-state index contributed by atoms with van der Waals surface area (Å²) >= 11 is 1.26. The first kappa shape index (κ1) is 23.8. The Bertz CT molecular complexity index is 1370. The lowest BCUT2D eigenvalue weighted by Crippen LogP contribution is -2.23. The third-order valence-corrected chi connectivity index (χ3v) is 6.30. The van der Waals surface area contributed by atoms with Gasteiger partial charge in [0.15, 0.2) is 5.17 Å². The van der Waals surface area contributed by atoms with Gasteiger partial charge in [0.1, 0.15) is 12.4 Å². The second-order valence-electron chi connectivity index (χ2n) is 7.50. The van der Waals surface area contributed by atoms with Crippen LogP contribution in [0.4, 0.5) is 5.69 Å². The highest BCUT2D eigenvalue weighted by Crippen LogP contribution is 2.35. The molecule has 1 amide bonds. The topological polar surface area (TPSA) is 92.0 Å². The van der Waals surface area contributed by atoms with Crippen LogP contribution in [0.5, 0.6) is 5.75 Å². The van der Waals surface area contributed by atoms with Crippen molar-refractivity contribution in [3.8, 4) is 11.8 Å². The fourth-order valence-corrected chi connectivity index (χ4v) is 4.31. The molecule has 174 valence electrons. The van der Waals surface area contributed by atoms with Crippen molar-refractivity contribution in [1.82, 2.24) is 4.90 Å². The van der Waals surface area contributed by atoms with Crippen LogP contribution < -0.4 is 4.74 Å². The standard InChI is InChI=1S/C27H21N3O4S/c1-30-25(31)24(35-27(30)29-22-13-11-18(12-14-22)26(32)33-2)15-19-7-5-6-10-23(19)34-17-21-9-4-3-8-20(21)16-28/h3-15H,17H2,1-2H3/b24-15-,29-27?. The summed E-state index contributed by atoms with van der Waals surface area (Å²) in [4.78, 5) is 31.0. The summed E-state index contributed by atoms with van der Waals surface area (Å²) in [5, 5.41) is 9.82. The van der Waals surface area contributed by atoms with E-state index in [0.29, 0.717) is 32.6 Å². The van der Waals surface area contributed by atoms with Gasteiger partial charge in [-0.15, -0.1) is 0 Å². The zero-order chi connectivity index (χ0) is 24.8. The molecular formula is C27H21N3O4S. The maximum Gasteiger partial charge on any atom is 0.337 e. The van der Waals surface area contributed by atoms with Gasteiger partial charge in [0, 0.05) is 18.2 Å². The van der Waals surface area contributed by atoms with Crippen LogP contribution in [0, 0.1) is 11.3 Å². The van der Waals surface area contributed by atoms with Crippen LogP contribution in [0.25, 0.3) is 6.08 Å². The predicted octanol–water partition coefficient (Wildman–Crippen LogP) is 5.16. The van der Waals surface area contributed by atoms with Crippen molar-refractivity contribution in [3.63, 3.8) is 0 Å². The number of hydrogen-bond acceptors (Lipinski definition) is 7. The van der Waals surface area contributed by atoms with Gasteiger partial charge in [0.25, 0.3) is 5.91 Å². The molecule has 1 aliphatic heterocycles. The van der Waals surface area contributed by atoms with Crippen molar-refractivity contribution in [2.75, 3.05) is 14.2 Å². The molecule has 0 unspecified atom stereocenters. The molecule has 1 aliphatic rings. The molecule has 0 N–H and O–H groups in total. The number of hydrogen-bond donors (Lipinski definition) is 0. The summed E-state index contributed by atoms with van der Waals surface area (Å²) in [6.45, 7) is 0.235. The Balaban J connectivity index is 1.54. The normalized spacial score (nSPS) is 15.3. The highest BCUT2D eigenvalue weighted by molar-refractivity contribution is 8.18. The van der Waals surface area contributed by atoms with Gasteiger partial charge in [0.05, 0.1) is 34.9 Å². The monoisotopic (exact) mass is 483 g/mol. The van der Waals surface area contributed by atoms with Crippen molar-refractivity contribution in [1.29, 1.82) is 5.26 Å². The van der Waals surface area contributed by atoms with Crippen LogP contribution in [0.2, 0.25) is 0 Å². The number of rotatable bonds is 6. The summed E-state index contributed by atoms with van der Waals surface area (Å²) in [6.07, 6.45) is 1.78. The number of nitrogens with zero attached hydrogens (tertiary/aromatic N) is 3. The molecule has 1 fully saturated rings. The minimum atomic E-state index is -0.422. The number of ether oxygens (including phenoxy) is 2. The summed E-state index contributed by atoms with van der Waals surface area (Å²) in [5.41, 5.74) is 3.13. The molecule has 0 aromatic heterocycles. The van der Waals surface area contributed by atoms with Crippen molar-refractivity contribution >= 4 is 40.6 Å². The lowest BCUT2D eigenvalue weighted by Gasteiger charge is -2.10. The van der Waals surface area contributed by atoms with E-state index < -0.39 is 5.97 Å². The van der Waals surface area contributed by atoms with Crippen LogP contribution in [0.3, 0.4) is 0 Å². The Kier molecular flexibility index (Phi) is 7.29. The van der Waals surface area contributed by atoms with Crippen LogP contribution >= 0.6 is 11.8 Å². The van der Waals surface area contributed by atoms with Crippen LogP contribution in [0.15, 0.2) is 82.7 Å². The number of amides is 1. The van der Waals surface area contributed by atoms with Crippen LogP contribution in [-0.4, -0.2) is 36.1 Å². The number of carbonyl (C=O) groups is 2. The predicted molar refractivity (Wildman–Crippen MR) is 135 cm³/mol. The first-order valence-electron chi connectivity index (χ1n) is 10.6. The number of benzene rings is 3. The molecule has 0 spiro atoms. The Morgan fingerprint density at radius 2 is 1.80 bits per heavy atom. The number of nitriles is 1. The molecule has 3 aromatic carbocycles. The lowest BCUT2D eigenvalue weighted by atomic mass is 10.1. The summed E-state index contributed by atoms with van der Waals surface area (Å²) in [6, 6.07) is 23.5. The van der Waals surface area contributed by atoms with Gasteiger partial charge < -0.3 is 9.47 Å². The van der Waals surface area contributed by atoms with Crippen molar-refractivity contribution < 1.29 is 19.1 Å². The molecule has 0 aliphatic carbocycles. The van der Waals surface area contributed by atoms with Gasteiger partial charge in [-0.1, -0.05) is 36.4 Å². The molecule has 8 heteroatoms. The molecule has 1 saturated heterocycles. The lowest BCUT2D eigenvalue weighted by molar-refractivity contribution is -0.121. The van der Waals surface area contributed by atoms with Crippen LogP contribution in [-0.2, 0) is 16.1 Å². The molecule has 4 rings (SSSR count). The number of thioether (sulfide) groups is 1. The third kappa shape index (κ3) is 5.42. The van der Waals surface area contributed by atoms with Crippen LogP contribution in [0.1, 0.15) is 27.0 Å². The van der Waals surface area contributed by atoms with Gasteiger partial charge in [-0.2, -0.15) is 5.26 Å². The Morgan fingerprint density at radius 3 is 2.54 bits per heavy atom. The average molecular weight is 484 g/mol. The highest BCUT2D eigenvalue weighted by atomic mass is 32.2. The molecular weight excluding hydrogens is 462 g/mol. The SMILES string of the molecule is COC(=O)c1ccc(N=C2S/C(=C\c3ccccc3OCc3ccccc3C#N)C(=O)N2C)cc1.